The van der Waals surface area contributed by atoms with Crippen LogP contribution in [-0.4, -0.2) is 13.1 Å². The van der Waals surface area contributed by atoms with Gasteiger partial charge in [0.1, 0.15) is 0 Å². The summed E-state index contributed by atoms with van der Waals surface area (Å²) >= 11 is 0. The van der Waals surface area contributed by atoms with Crippen LogP contribution in [0.5, 0.6) is 0 Å². The monoisotopic (exact) mass is 190 g/mol. The molecule has 1 aliphatic rings. The molecule has 1 fully saturated rings. The number of hydrogen-bond donors (Lipinski definition) is 1. The third-order valence-electron chi connectivity index (χ3n) is 3.16. The van der Waals surface area contributed by atoms with Crippen LogP contribution in [0.3, 0.4) is 0 Å². The molecule has 76 valence electrons. The van der Waals surface area contributed by atoms with E-state index in [9.17, 15) is 0 Å². The highest BCUT2D eigenvalue weighted by atomic mass is 15.2. The Labute approximate surface area is 85.7 Å². The van der Waals surface area contributed by atoms with Gasteiger partial charge in [-0.3, -0.25) is 0 Å². The zero-order chi connectivity index (χ0) is 10.1. The van der Waals surface area contributed by atoms with E-state index >= 15 is 0 Å². The van der Waals surface area contributed by atoms with E-state index in [2.05, 4.69) is 24.8 Å². The maximum Gasteiger partial charge on any atom is 0.0632 e. The molecule has 0 amide bonds. The number of anilines is 2. The molecule has 2 N–H and O–H groups in total. The Morgan fingerprint density at radius 3 is 2.43 bits per heavy atom. The summed E-state index contributed by atoms with van der Waals surface area (Å²) in [5.41, 5.74) is 10.9. The topological polar surface area (TPSA) is 29.3 Å². The highest BCUT2D eigenvalue weighted by molar-refractivity contribution is 5.73. The van der Waals surface area contributed by atoms with Crippen LogP contribution in [0.15, 0.2) is 12.1 Å². The van der Waals surface area contributed by atoms with Crippen LogP contribution < -0.4 is 10.6 Å². The molecule has 2 nitrogen and oxygen atoms in total. The van der Waals surface area contributed by atoms with Gasteiger partial charge in [0.05, 0.1) is 11.4 Å². The summed E-state index contributed by atoms with van der Waals surface area (Å²) < 4.78 is 0. The van der Waals surface area contributed by atoms with Crippen molar-refractivity contribution in [3.63, 3.8) is 0 Å². The molecule has 0 spiro atoms. The molecule has 0 saturated carbocycles. The molecule has 0 radical (unpaired) electrons. The van der Waals surface area contributed by atoms with Gasteiger partial charge < -0.3 is 10.6 Å². The number of aryl methyl sites for hydroxylation is 1. The van der Waals surface area contributed by atoms with Crippen LogP contribution in [0, 0.1) is 13.8 Å². The Hall–Kier alpha value is -1.18. The van der Waals surface area contributed by atoms with Crippen molar-refractivity contribution in [2.75, 3.05) is 23.7 Å². The molecule has 0 aliphatic carbocycles. The highest BCUT2D eigenvalue weighted by Crippen LogP contribution is 2.31. The van der Waals surface area contributed by atoms with Crippen LogP contribution in [0.1, 0.15) is 24.0 Å². The van der Waals surface area contributed by atoms with Crippen molar-refractivity contribution in [2.45, 2.75) is 26.7 Å². The number of rotatable bonds is 1. The minimum Gasteiger partial charge on any atom is -0.397 e. The molecule has 0 unspecified atom stereocenters. The van der Waals surface area contributed by atoms with E-state index in [0.717, 1.165) is 18.8 Å². The summed E-state index contributed by atoms with van der Waals surface area (Å²) in [5, 5.41) is 0. The van der Waals surface area contributed by atoms with E-state index in [1.165, 1.54) is 29.7 Å². The van der Waals surface area contributed by atoms with Crippen molar-refractivity contribution in [3.8, 4) is 0 Å². The third kappa shape index (κ3) is 1.45. The van der Waals surface area contributed by atoms with E-state index < -0.39 is 0 Å². The molecule has 2 rings (SSSR count). The van der Waals surface area contributed by atoms with Crippen LogP contribution in [0.4, 0.5) is 11.4 Å². The van der Waals surface area contributed by atoms with Crippen molar-refractivity contribution in [1.29, 1.82) is 0 Å². The fourth-order valence-electron chi connectivity index (χ4n) is 2.18. The molecule has 0 bridgehead atoms. The highest BCUT2D eigenvalue weighted by Gasteiger charge is 2.17. The summed E-state index contributed by atoms with van der Waals surface area (Å²) in [4.78, 5) is 2.41. The van der Waals surface area contributed by atoms with E-state index in [-0.39, 0.29) is 0 Å². The molecule has 14 heavy (non-hydrogen) atoms. The van der Waals surface area contributed by atoms with Gasteiger partial charge in [-0.05, 0) is 43.9 Å². The first-order valence-corrected chi connectivity index (χ1v) is 5.31. The Bertz CT molecular complexity index is 338. The van der Waals surface area contributed by atoms with E-state index in [0.29, 0.717) is 0 Å². The van der Waals surface area contributed by atoms with E-state index in [4.69, 9.17) is 5.73 Å². The smallest absolute Gasteiger partial charge is 0.0632 e. The second-order valence-electron chi connectivity index (χ2n) is 4.14. The van der Waals surface area contributed by atoms with E-state index in [1.54, 1.807) is 0 Å². The molecule has 1 aromatic rings. The standard InChI is InChI=1S/C12H18N2/c1-9-5-6-11(13)12(10(9)2)14-7-3-4-8-14/h5-6H,3-4,7-8,13H2,1-2H3. The van der Waals surface area contributed by atoms with Gasteiger partial charge in [-0.15, -0.1) is 0 Å². The first-order valence-electron chi connectivity index (χ1n) is 5.31. The maximum absolute atomic E-state index is 6.03. The molecule has 1 aromatic carbocycles. The zero-order valence-electron chi connectivity index (χ0n) is 9.01. The maximum atomic E-state index is 6.03. The van der Waals surface area contributed by atoms with Crippen molar-refractivity contribution >= 4 is 11.4 Å². The fraction of sp³-hybridized carbons (Fsp3) is 0.500. The SMILES string of the molecule is Cc1ccc(N)c(N2CCCC2)c1C. The average Bonchev–Trinajstić information content (AvgIpc) is 2.65. The van der Waals surface area contributed by atoms with Crippen LogP contribution in [-0.2, 0) is 0 Å². The summed E-state index contributed by atoms with van der Waals surface area (Å²) in [6.07, 6.45) is 2.60. The largest absolute Gasteiger partial charge is 0.397 e. The zero-order valence-corrected chi connectivity index (χ0v) is 9.01. The van der Waals surface area contributed by atoms with Gasteiger partial charge in [-0.2, -0.15) is 0 Å². The second kappa shape index (κ2) is 3.52. The second-order valence-corrected chi connectivity index (χ2v) is 4.14. The van der Waals surface area contributed by atoms with Gasteiger partial charge in [-0.1, -0.05) is 6.07 Å². The molecule has 0 atom stereocenters. The molecular formula is C12H18N2. The molecule has 2 heteroatoms. The molecule has 1 saturated heterocycles. The van der Waals surface area contributed by atoms with Gasteiger partial charge in [0.25, 0.3) is 0 Å². The van der Waals surface area contributed by atoms with Crippen LogP contribution >= 0.6 is 0 Å². The fourth-order valence-corrected chi connectivity index (χ4v) is 2.18. The van der Waals surface area contributed by atoms with Gasteiger partial charge in [-0.25, -0.2) is 0 Å². The predicted molar refractivity (Wildman–Crippen MR) is 61.8 cm³/mol. The summed E-state index contributed by atoms with van der Waals surface area (Å²) in [5.74, 6) is 0. The lowest BCUT2D eigenvalue weighted by molar-refractivity contribution is 0.949. The van der Waals surface area contributed by atoms with Crippen LogP contribution in [0.2, 0.25) is 0 Å². The van der Waals surface area contributed by atoms with Gasteiger partial charge in [0.2, 0.25) is 0 Å². The van der Waals surface area contributed by atoms with Crippen molar-refractivity contribution in [1.82, 2.24) is 0 Å². The lowest BCUT2D eigenvalue weighted by Crippen LogP contribution is -2.20. The summed E-state index contributed by atoms with van der Waals surface area (Å²) in [7, 11) is 0. The number of hydrogen-bond acceptors (Lipinski definition) is 2. The molecule has 1 heterocycles. The Balaban J connectivity index is 2.44. The Kier molecular flexibility index (Phi) is 2.36. The number of nitrogen functional groups attached to an aromatic ring is 1. The Morgan fingerprint density at radius 1 is 1.14 bits per heavy atom. The molecular weight excluding hydrogens is 172 g/mol. The summed E-state index contributed by atoms with van der Waals surface area (Å²) in [6.45, 7) is 6.64. The Morgan fingerprint density at radius 2 is 1.79 bits per heavy atom. The number of nitrogens with zero attached hydrogens (tertiary/aromatic N) is 1. The van der Waals surface area contributed by atoms with Crippen molar-refractivity contribution in [2.24, 2.45) is 0 Å². The number of benzene rings is 1. The quantitative estimate of drug-likeness (QED) is 0.689. The normalized spacial score (nSPS) is 16.3. The van der Waals surface area contributed by atoms with Gasteiger partial charge in [0.15, 0.2) is 0 Å². The first-order chi connectivity index (χ1) is 6.70. The number of nitrogens with two attached hydrogens (primary N) is 1. The van der Waals surface area contributed by atoms with Gasteiger partial charge >= 0.3 is 0 Å². The molecule has 0 aromatic heterocycles. The van der Waals surface area contributed by atoms with Gasteiger partial charge in [0, 0.05) is 13.1 Å². The minimum absolute atomic E-state index is 0.926. The lowest BCUT2D eigenvalue weighted by Gasteiger charge is -2.23. The summed E-state index contributed by atoms with van der Waals surface area (Å²) in [6, 6.07) is 4.13. The first kappa shape index (κ1) is 9.38. The van der Waals surface area contributed by atoms with Crippen molar-refractivity contribution in [3.05, 3.63) is 23.3 Å². The predicted octanol–water partition coefficient (Wildman–Crippen LogP) is 2.49. The minimum atomic E-state index is 0.926. The molecule has 1 aliphatic heterocycles. The lowest BCUT2D eigenvalue weighted by atomic mass is 10.1. The third-order valence-corrected chi connectivity index (χ3v) is 3.16. The van der Waals surface area contributed by atoms with Crippen molar-refractivity contribution < 1.29 is 0 Å². The van der Waals surface area contributed by atoms with E-state index in [1.807, 2.05) is 6.07 Å². The van der Waals surface area contributed by atoms with Crippen LogP contribution in [0.25, 0.3) is 0 Å². The average molecular weight is 190 g/mol.